The first kappa shape index (κ1) is 16.1. The van der Waals surface area contributed by atoms with Crippen LogP contribution in [0, 0.1) is 11.3 Å². The quantitative estimate of drug-likeness (QED) is 0.904. The Morgan fingerprint density at radius 1 is 1.08 bits per heavy atom. The smallest absolute Gasteiger partial charge is 0.205 e. The van der Waals surface area contributed by atoms with Crippen molar-refractivity contribution < 1.29 is 9.53 Å². The van der Waals surface area contributed by atoms with Gasteiger partial charge in [-0.1, -0.05) is 30.3 Å². The maximum Gasteiger partial charge on any atom is 0.205 e. The lowest BCUT2D eigenvalue weighted by molar-refractivity contribution is -0.117. The fourth-order valence-electron chi connectivity index (χ4n) is 3.76. The monoisotopic (exact) mass is 343 g/mol. The van der Waals surface area contributed by atoms with E-state index in [1.807, 2.05) is 42.5 Å². The number of carbonyl (C=O) groups excluding carboxylic acids is 1. The minimum absolute atomic E-state index is 0.00200. The van der Waals surface area contributed by atoms with Crippen LogP contribution in [0.15, 0.2) is 77.6 Å². The second-order valence-corrected chi connectivity index (χ2v) is 6.48. The predicted octanol–water partition coefficient (Wildman–Crippen LogP) is 3.29. The molecule has 128 valence electrons. The zero-order valence-corrected chi connectivity index (χ0v) is 14.1. The average Bonchev–Trinajstić information content (AvgIpc) is 2.68. The number of allylic oxidation sites excluding steroid dienone is 3. The van der Waals surface area contributed by atoms with Gasteiger partial charge in [-0.15, -0.1) is 0 Å². The summed E-state index contributed by atoms with van der Waals surface area (Å²) in [5, 5.41) is 9.58. The third-order valence-electron chi connectivity index (χ3n) is 4.97. The molecule has 0 amide bonds. The van der Waals surface area contributed by atoms with E-state index in [0.29, 0.717) is 24.2 Å². The Kier molecular flexibility index (Phi) is 4.02. The van der Waals surface area contributed by atoms with Crippen LogP contribution in [0.4, 0.5) is 0 Å². The number of aromatic nitrogens is 1. The summed E-state index contributed by atoms with van der Waals surface area (Å²) < 4.78 is 5.75. The Labute approximate surface area is 151 Å². The molecule has 0 saturated heterocycles. The third-order valence-corrected chi connectivity index (χ3v) is 4.97. The van der Waals surface area contributed by atoms with Crippen molar-refractivity contribution in [1.29, 1.82) is 5.26 Å². The van der Waals surface area contributed by atoms with Gasteiger partial charge in [0.15, 0.2) is 5.78 Å². The molecule has 1 aliphatic carbocycles. The Morgan fingerprint density at radius 2 is 1.81 bits per heavy atom. The molecule has 2 atom stereocenters. The average molecular weight is 343 g/mol. The second-order valence-electron chi connectivity index (χ2n) is 6.48. The summed E-state index contributed by atoms with van der Waals surface area (Å²) in [5.74, 6) is 0.220. The van der Waals surface area contributed by atoms with Crippen LogP contribution < -0.4 is 5.73 Å². The lowest BCUT2D eigenvalue weighted by Crippen LogP contribution is -2.29. The number of benzene rings is 1. The van der Waals surface area contributed by atoms with E-state index in [9.17, 15) is 10.1 Å². The molecule has 1 aliphatic heterocycles. The molecule has 0 unspecified atom stereocenters. The van der Waals surface area contributed by atoms with E-state index in [4.69, 9.17) is 10.5 Å². The van der Waals surface area contributed by atoms with E-state index < -0.39 is 5.92 Å². The molecule has 1 aromatic heterocycles. The first-order valence-electron chi connectivity index (χ1n) is 8.47. The van der Waals surface area contributed by atoms with Crippen molar-refractivity contribution >= 4 is 5.78 Å². The molecule has 2 heterocycles. The molecule has 5 nitrogen and oxygen atoms in total. The van der Waals surface area contributed by atoms with Gasteiger partial charge in [0.2, 0.25) is 5.88 Å². The molecule has 2 aliphatic rings. The molecular weight excluding hydrogens is 326 g/mol. The van der Waals surface area contributed by atoms with Gasteiger partial charge in [-0.25, -0.2) is 0 Å². The summed E-state index contributed by atoms with van der Waals surface area (Å²) in [4.78, 5) is 17.1. The Hall–Kier alpha value is -3.39. The van der Waals surface area contributed by atoms with Crippen LogP contribution in [0.3, 0.4) is 0 Å². The molecule has 0 saturated carbocycles. The van der Waals surface area contributed by atoms with Crippen molar-refractivity contribution in [1.82, 2.24) is 4.98 Å². The number of Topliss-reactive ketones (excluding diaryl/α,β-unsaturated/α-hetero) is 1. The maximum atomic E-state index is 13.0. The number of hydrogen-bond acceptors (Lipinski definition) is 5. The van der Waals surface area contributed by atoms with Gasteiger partial charge in [-0.3, -0.25) is 9.78 Å². The predicted molar refractivity (Wildman–Crippen MR) is 95.3 cm³/mol. The van der Waals surface area contributed by atoms with Crippen molar-refractivity contribution in [3.8, 4) is 6.07 Å². The van der Waals surface area contributed by atoms with E-state index in [0.717, 1.165) is 11.1 Å². The Morgan fingerprint density at radius 3 is 2.50 bits per heavy atom. The van der Waals surface area contributed by atoms with Gasteiger partial charge < -0.3 is 10.5 Å². The van der Waals surface area contributed by atoms with E-state index in [1.54, 1.807) is 12.4 Å². The molecule has 0 fully saturated rings. The van der Waals surface area contributed by atoms with Crippen molar-refractivity contribution in [2.45, 2.75) is 24.7 Å². The number of pyridine rings is 1. The number of nitrogens with zero attached hydrogens (tertiary/aromatic N) is 2. The van der Waals surface area contributed by atoms with E-state index in [2.05, 4.69) is 11.1 Å². The summed E-state index contributed by atoms with van der Waals surface area (Å²) >= 11 is 0. The number of ketones is 1. The number of nitriles is 1. The molecule has 4 rings (SSSR count). The van der Waals surface area contributed by atoms with E-state index >= 15 is 0 Å². The molecule has 5 heteroatoms. The molecule has 2 N–H and O–H groups in total. The van der Waals surface area contributed by atoms with Crippen molar-refractivity contribution in [3.05, 3.63) is 88.8 Å². The fourth-order valence-corrected chi connectivity index (χ4v) is 3.76. The van der Waals surface area contributed by atoms with Crippen LogP contribution in [0.25, 0.3) is 0 Å². The zero-order chi connectivity index (χ0) is 18.1. The molecule has 2 aromatic rings. The first-order valence-corrected chi connectivity index (χ1v) is 8.47. The van der Waals surface area contributed by atoms with Crippen LogP contribution in [0.5, 0.6) is 0 Å². The molecule has 0 spiro atoms. The maximum absolute atomic E-state index is 13.0. The summed E-state index contributed by atoms with van der Waals surface area (Å²) in [5.41, 5.74) is 8.78. The van der Waals surface area contributed by atoms with Crippen LogP contribution >= 0.6 is 0 Å². The summed E-state index contributed by atoms with van der Waals surface area (Å²) in [7, 11) is 0. The van der Waals surface area contributed by atoms with Gasteiger partial charge in [-0.05, 0) is 29.2 Å². The third kappa shape index (κ3) is 2.66. The topological polar surface area (TPSA) is 89.0 Å². The van der Waals surface area contributed by atoms with Crippen molar-refractivity contribution in [2.75, 3.05) is 0 Å². The Balaban J connectivity index is 1.79. The number of ether oxygens (including phenoxy) is 1. The minimum atomic E-state index is -0.490. The number of carbonyl (C=O) groups is 1. The highest BCUT2D eigenvalue weighted by molar-refractivity contribution is 6.00. The van der Waals surface area contributed by atoms with E-state index in [-0.39, 0.29) is 23.2 Å². The lowest BCUT2D eigenvalue weighted by Gasteiger charge is -2.34. The molecule has 1 aromatic carbocycles. The van der Waals surface area contributed by atoms with E-state index in [1.165, 1.54) is 0 Å². The summed E-state index contributed by atoms with van der Waals surface area (Å²) in [6, 6.07) is 15.7. The highest BCUT2D eigenvalue weighted by Gasteiger charge is 2.40. The van der Waals surface area contributed by atoms with Gasteiger partial charge in [0.05, 0.1) is 5.92 Å². The van der Waals surface area contributed by atoms with Gasteiger partial charge in [0, 0.05) is 30.8 Å². The highest BCUT2D eigenvalue weighted by atomic mass is 16.5. The lowest BCUT2D eigenvalue weighted by atomic mass is 9.74. The number of rotatable bonds is 2. The van der Waals surface area contributed by atoms with Crippen molar-refractivity contribution in [3.63, 3.8) is 0 Å². The second kappa shape index (κ2) is 6.49. The van der Waals surface area contributed by atoms with Crippen LogP contribution in [0.2, 0.25) is 0 Å². The molecular formula is C21H17N3O2. The summed E-state index contributed by atoms with van der Waals surface area (Å²) in [6.45, 7) is 0. The highest BCUT2D eigenvalue weighted by Crippen LogP contribution is 2.46. The minimum Gasteiger partial charge on any atom is -0.444 e. The standard InChI is InChI=1S/C21H17N3O2/c22-12-16-19(14-6-8-24-9-7-14)20-17(25)10-15(11-18(20)26-21(16)23)13-4-2-1-3-5-13/h1-9,15,19H,10-11,23H2/t15-,19-/m1/s1. The van der Waals surface area contributed by atoms with Gasteiger partial charge in [0.1, 0.15) is 17.4 Å². The Bertz CT molecular complexity index is 956. The zero-order valence-electron chi connectivity index (χ0n) is 14.1. The molecule has 26 heavy (non-hydrogen) atoms. The van der Waals surface area contributed by atoms with Crippen molar-refractivity contribution in [2.24, 2.45) is 5.73 Å². The van der Waals surface area contributed by atoms with Crippen LogP contribution in [0.1, 0.15) is 35.8 Å². The van der Waals surface area contributed by atoms with Gasteiger partial charge >= 0.3 is 0 Å². The van der Waals surface area contributed by atoms with Crippen LogP contribution in [-0.4, -0.2) is 10.8 Å². The van der Waals surface area contributed by atoms with Crippen LogP contribution in [-0.2, 0) is 9.53 Å². The number of hydrogen-bond donors (Lipinski definition) is 1. The SMILES string of the molecule is N#CC1=C(N)OC2=C(C(=O)C[C@@H](c3ccccc3)C2)[C@@H]1c1ccncc1. The largest absolute Gasteiger partial charge is 0.444 e. The fraction of sp³-hybridized carbons (Fsp3) is 0.190. The number of nitrogens with two attached hydrogens (primary N) is 1. The summed E-state index contributed by atoms with van der Waals surface area (Å²) in [6.07, 6.45) is 4.28. The first-order chi connectivity index (χ1) is 12.7. The normalized spacial score (nSPS) is 22.5. The van der Waals surface area contributed by atoms with Gasteiger partial charge in [-0.2, -0.15) is 5.26 Å². The molecule has 0 bridgehead atoms. The van der Waals surface area contributed by atoms with Gasteiger partial charge in [0.25, 0.3) is 0 Å². The molecule has 0 radical (unpaired) electrons.